The summed E-state index contributed by atoms with van der Waals surface area (Å²) in [5.74, 6) is -0.179. The summed E-state index contributed by atoms with van der Waals surface area (Å²) in [5, 5.41) is 17.4. The molecular formula is C25H24N2O3S. The maximum Gasteiger partial charge on any atom is 0.338 e. The number of phenols is 1. The molecule has 0 bridgehead atoms. The van der Waals surface area contributed by atoms with Crippen LogP contribution in [0.3, 0.4) is 0 Å². The third-order valence-electron chi connectivity index (χ3n) is 5.06. The van der Waals surface area contributed by atoms with E-state index in [0.717, 1.165) is 34.4 Å². The van der Waals surface area contributed by atoms with E-state index in [4.69, 9.17) is 4.74 Å². The van der Waals surface area contributed by atoms with E-state index in [1.807, 2.05) is 53.9 Å². The normalized spacial score (nSPS) is 11.9. The lowest BCUT2D eigenvalue weighted by Gasteiger charge is -2.21. The number of phenolic OH excluding ortho intramolecular Hbond substituents is 1. The van der Waals surface area contributed by atoms with Gasteiger partial charge in [-0.1, -0.05) is 43.7 Å². The van der Waals surface area contributed by atoms with Gasteiger partial charge >= 0.3 is 5.97 Å². The van der Waals surface area contributed by atoms with Crippen molar-refractivity contribution in [3.8, 4) is 5.75 Å². The number of ether oxygens (including phenoxy) is 1. The first kappa shape index (κ1) is 20.9. The fourth-order valence-corrected chi connectivity index (χ4v) is 4.22. The first-order valence-corrected chi connectivity index (χ1v) is 11.2. The highest BCUT2D eigenvalue weighted by molar-refractivity contribution is 7.10. The zero-order valence-electron chi connectivity index (χ0n) is 17.2. The van der Waals surface area contributed by atoms with Gasteiger partial charge in [0.1, 0.15) is 11.3 Å². The topological polar surface area (TPSA) is 71.5 Å². The van der Waals surface area contributed by atoms with E-state index in [1.54, 1.807) is 29.7 Å². The molecule has 0 aliphatic rings. The number of rotatable bonds is 8. The average molecular weight is 433 g/mol. The molecular weight excluding hydrogens is 408 g/mol. The summed E-state index contributed by atoms with van der Waals surface area (Å²) in [7, 11) is 0. The lowest BCUT2D eigenvalue weighted by molar-refractivity contribution is 0.0500. The summed E-state index contributed by atoms with van der Waals surface area (Å²) >= 11 is 1.60. The number of unbranched alkanes of at least 4 members (excludes halogenated alkanes) is 1. The van der Waals surface area contributed by atoms with Gasteiger partial charge < -0.3 is 15.2 Å². The SMILES string of the molecule is CCCCOC(=O)c1cccc(NC(c2cccs2)c2ccc3cccnc3c2O)c1. The van der Waals surface area contributed by atoms with Gasteiger partial charge in [-0.25, -0.2) is 4.79 Å². The van der Waals surface area contributed by atoms with Crippen LogP contribution in [-0.4, -0.2) is 22.7 Å². The average Bonchev–Trinajstić information content (AvgIpc) is 3.33. The number of hydrogen-bond donors (Lipinski definition) is 2. The fraction of sp³-hybridized carbons (Fsp3) is 0.200. The highest BCUT2D eigenvalue weighted by Crippen LogP contribution is 2.38. The molecule has 2 aromatic carbocycles. The lowest BCUT2D eigenvalue weighted by Crippen LogP contribution is -2.12. The fourth-order valence-electron chi connectivity index (χ4n) is 3.43. The van der Waals surface area contributed by atoms with E-state index >= 15 is 0 Å². The van der Waals surface area contributed by atoms with Crippen molar-refractivity contribution in [1.29, 1.82) is 0 Å². The molecule has 0 radical (unpaired) electrons. The molecule has 4 aromatic rings. The van der Waals surface area contributed by atoms with Crippen molar-refractivity contribution in [3.05, 3.63) is 88.2 Å². The van der Waals surface area contributed by atoms with E-state index in [2.05, 4.69) is 17.2 Å². The van der Waals surface area contributed by atoms with Gasteiger partial charge in [0.15, 0.2) is 0 Å². The molecule has 5 nitrogen and oxygen atoms in total. The molecule has 1 atom stereocenters. The number of pyridine rings is 1. The van der Waals surface area contributed by atoms with Gasteiger partial charge in [-0.3, -0.25) is 4.98 Å². The van der Waals surface area contributed by atoms with E-state index in [1.165, 1.54) is 0 Å². The molecule has 0 aliphatic heterocycles. The minimum Gasteiger partial charge on any atom is -0.505 e. The quantitative estimate of drug-likeness (QED) is 0.258. The van der Waals surface area contributed by atoms with Crippen molar-refractivity contribution in [3.63, 3.8) is 0 Å². The third kappa shape index (κ3) is 4.70. The number of esters is 1. The molecule has 0 aliphatic carbocycles. The number of fused-ring (bicyclic) bond motifs is 1. The van der Waals surface area contributed by atoms with Crippen LogP contribution in [0, 0.1) is 0 Å². The molecule has 2 N–H and O–H groups in total. The Labute approximate surface area is 185 Å². The van der Waals surface area contributed by atoms with Crippen LogP contribution in [0.5, 0.6) is 5.75 Å². The smallest absolute Gasteiger partial charge is 0.338 e. The Kier molecular flexibility index (Phi) is 6.48. The van der Waals surface area contributed by atoms with Gasteiger partial charge in [-0.15, -0.1) is 11.3 Å². The Hall–Kier alpha value is -3.38. The van der Waals surface area contributed by atoms with E-state index in [0.29, 0.717) is 17.7 Å². The Morgan fingerprint density at radius 3 is 2.87 bits per heavy atom. The molecule has 31 heavy (non-hydrogen) atoms. The van der Waals surface area contributed by atoms with Crippen LogP contribution in [0.25, 0.3) is 10.9 Å². The second-order valence-corrected chi connectivity index (χ2v) is 8.22. The van der Waals surface area contributed by atoms with E-state index in [9.17, 15) is 9.90 Å². The molecule has 0 saturated heterocycles. The van der Waals surface area contributed by atoms with Gasteiger partial charge in [0.2, 0.25) is 0 Å². The number of aromatic hydroxyl groups is 1. The lowest BCUT2D eigenvalue weighted by atomic mass is 10.0. The molecule has 6 heteroatoms. The third-order valence-corrected chi connectivity index (χ3v) is 6.00. The Balaban J connectivity index is 1.66. The summed E-state index contributed by atoms with van der Waals surface area (Å²) in [6.45, 7) is 2.48. The van der Waals surface area contributed by atoms with Crippen molar-refractivity contribution in [1.82, 2.24) is 4.98 Å². The van der Waals surface area contributed by atoms with Crippen molar-refractivity contribution in [2.75, 3.05) is 11.9 Å². The second-order valence-electron chi connectivity index (χ2n) is 7.24. The van der Waals surface area contributed by atoms with Crippen LogP contribution in [0.2, 0.25) is 0 Å². The Morgan fingerprint density at radius 1 is 1.16 bits per heavy atom. The number of anilines is 1. The number of thiophene rings is 1. The van der Waals surface area contributed by atoms with Crippen LogP contribution in [0.1, 0.15) is 46.6 Å². The van der Waals surface area contributed by atoms with Gasteiger partial charge in [0, 0.05) is 27.7 Å². The van der Waals surface area contributed by atoms with Crippen molar-refractivity contribution < 1.29 is 14.6 Å². The monoisotopic (exact) mass is 432 g/mol. The molecule has 4 rings (SSSR count). The van der Waals surface area contributed by atoms with Crippen LogP contribution >= 0.6 is 11.3 Å². The predicted octanol–water partition coefficient (Wildman–Crippen LogP) is 6.16. The molecule has 158 valence electrons. The maximum atomic E-state index is 12.4. The number of benzene rings is 2. The number of aromatic nitrogens is 1. The summed E-state index contributed by atoms with van der Waals surface area (Å²) < 4.78 is 5.34. The molecule has 0 fully saturated rings. The number of nitrogens with zero attached hydrogens (tertiary/aromatic N) is 1. The van der Waals surface area contributed by atoms with Crippen molar-refractivity contribution in [2.24, 2.45) is 0 Å². The zero-order chi connectivity index (χ0) is 21.6. The van der Waals surface area contributed by atoms with Crippen LogP contribution in [0.15, 0.2) is 72.2 Å². The number of nitrogens with one attached hydrogen (secondary N) is 1. The highest BCUT2D eigenvalue weighted by atomic mass is 32.1. The minimum absolute atomic E-state index is 0.152. The van der Waals surface area contributed by atoms with Gasteiger partial charge in [0.05, 0.1) is 18.2 Å². The van der Waals surface area contributed by atoms with Gasteiger partial charge in [-0.2, -0.15) is 0 Å². The molecule has 2 aromatic heterocycles. The molecule has 0 saturated carbocycles. The maximum absolute atomic E-state index is 12.4. The molecule has 0 spiro atoms. The van der Waals surface area contributed by atoms with E-state index in [-0.39, 0.29) is 17.8 Å². The van der Waals surface area contributed by atoms with Crippen molar-refractivity contribution >= 4 is 33.9 Å². The number of hydrogen-bond acceptors (Lipinski definition) is 6. The van der Waals surface area contributed by atoms with Crippen LogP contribution < -0.4 is 5.32 Å². The second kappa shape index (κ2) is 9.62. The summed E-state index contributed by atoms with van der Waals surface area (Å²) in [6, 6.07) is 18.6. The Morgan fingerprint density at radius 2 is 2.06 bits per heavy atom. The Bertz CT molecular complexity index is 1170. The summed E-state index contributed by atoms with van der Waals surface area (Å²) in [5.41, 5.74) is 2.56. The zero-order valence-corrected chi connectivity index (χ0v) is 18.1. The largest absolute Gasteiger partial charge is 0.505 e. The minimum atomic E-state index is -0.331. The number of carbonyl (C=O) groups is 1. The van der Waals surface area contributed by atoms with Gasteiger partial charge in [0.25, 0.3) is 0 Å². The molecule has 0 amide bonds. The predicted molar refractivity (Wildman–Crippen MR) is 125 cm³/mol. The molecule has 1 unspecified atom stereocenters. The van der Waals surface area contributed by atoms with Crippen LogP contribution in [-0.2, 0) is 4.74 Å². The summed E-state index contributed by atoms with van der Waals surface area (Å²) in [4.78, 5) is 17.8. The van der Waals surface area contributed by atoms with Gasteiger partial charge in [-0.05, 0) is 42.1 Å². The summed E-state index contributed by atoms with van der Waals surface area (Å²) in [6.07, 6.45) is 3.49. The highest BCUT2D eigenvalue weighted by Gasteiger charge is 2.21. The van der Waals surface area contributed by atoms with Crippen LogP contribution in [0.4, 0.5) is 5.69 Å². The first-order valence-electron chi connectivity index (χ1n) is 10.3. The van der Waals surface area contributed by atoms with Crippen molar-refractivity contribution in [2.45, 2.75) is 25.8 Å². The standard InChI is InChI=1S/C25H24N2O3S/c1-2-3-14-30-25(29)18-7-4-9-19(16-18)27-23(21-10-6-15-31-21)20-12-11-17-8-5-13-26-22(17)24(20)28/h4-13,15-16,23,27-28H,2-3,14H2,1H3. The molecule has 2 heterocycles. The van der Waals surface area contributed by atoms with E-state index < -0.39 is 0 Å². The first-order chi connectivity index (χ1) is 15.2. The number of carbonyl (C=O) groups excluding carboxylic acids is 1.